The van der Waals surface area contributed by atoms with E-state index in [1.807, 2.05) is 4.90 Å². The Hall–Kier alpha value is -1.67. The van der Waals surface area contributed by atoms with Gasteiger partial charge in [-0.3, -0.25) is 9.59 Å². The Morgan fingerprint density at radius 3 is 2.92 bits per heavy atom. The number of aryl methyl sites for hydroxylation is 2. The molecule has 1 fully saturated rings. The molecule has 1 unspecified atom stereocenters. The molecule has 0 saturated carbocycles. The van der Waals surface area contributed by atoms with Gasteiger partial charge in [0.1, 0.15) is 16.2 Å². The lowest BCUT2D eigenvalue weighted by Gasteiger charge is -2.35. The third kappa shape index (κ3) is 4.17. The zero-order valence-electron chi connectivity index (χ0n) is 15.0. The molecule has 2 aromatic rings. The van der Waals surface area contributed by atoms with Crippen LogP contribution in [0, 0.1) is 13.8 Å². The molecule has 140 valence electrons. The molecule has 2 aromatic heterocycles. The summed E-state index contributed by atoms with van der Waals surface area (Å²) in [7, 11) is 0. The number of carboxylic acid groups (broad SMARTS) is 1. The van der Waals surface area contributed by atoms with Crippen molar-refractivity contribution in [3.8, 4) is 0 Å². The van der Waals surface area contributed by atoms with Gasteiger partial charge in [-0.2, -0.15) is 0 Å². The van der Waals surface area contributed by atoms with Gasteiger partial charge in [-0.15, -0.1) is 11.3 Å². The van der Waals surface area contributed by atoms with Crippen molar-refractivity contribution in [1.82, 2.24) is 14.9 Å². The maximum Gasteiger partial charge on any atom is 0.303 e. The van der Waals surface area contributed by atoms with Crippen LogP contribution in [0.3, 0.4) is 0 Å². The lowest BCUT2D eigenvalue weighted by Crippen LogP contribution is -2.44. The standard InChI is InChI=1S/C18H23N3O3S2/c1-11-12(2)26-18-16(11)17(19-10-20-18)25-9-14(22)21-8-4-3-5-13(21)6-7-15(23)24/h10,13H,3-9H2,1-2H3,(H,23,24). The molecule has 1 aliphatic rings. The summed E-state index contributed by atoms with van der Waals surface area (Å²) in [6.45, 7) is 4.86. The molecule has 0 radical (unpaired) electrons. The van der Waals surface area contributed by atoms with Crippen LogP contribution in [-0.4, -0.2) is 50.2 Å². The molecule has 8 heteroatoms. The van der Waals surface area contributed by atoms with Gasteiger partial charge in [0.15, 0.2) is 0 Å². The molecule has 6 nitrogen and oxygen atoms in total. The number of carbonyl (C=O) groups is 2. The quantitative estimate of drug-likeness (QED) is 0.596. The number of carbonyl (C=O) groups excluding carboxylic acids is 1. The Kier molecular flexibility index (Phi) is 6.13. The Balaban J connectivity index is 1.69. The molecule has 1 atom stereocenters. The fourth-order valence-corrected chi connectivity index (χ4v) is 5.39. The van der Waals surface area contributed by atoms with Crippen molar-refractivity contribution in [3.05, 3.63) is 16.8 Å². The highest BCUT2D eigenvalue weighted by Gasteiger charge is 2.27. The van der Waals surface area contributed by atoms with E-state index in [4.69, 9.17) is 5.11 Å². The molecular weight excluding hydrogens is 370 g/mol. The zero-order chi connectivity index (χ0) is 18.7. The number of thioether (sulfide) groups is 1. The van der Waals surface area contributed by atoms with Crippen LogP contribution >= 0.6 is 23.1 Å². The van der Waals surface area contributed by atoms with E-state index in [-0.39, 0.29) is 18.4 Å². The molecule has 0 spiro atoms. The summed E-state index contributed by atoms with van der Waals surface area (Å²) in [6, 6.07) is 0.0449. The first-order chi connectivity index (χ1) is 12.5. The summed E-state index contributed by atoms with van der Waals surface area (Å²) in [5.41, 5.74) is 1.18. The van der Waals surface area contributed by atoms with Crippen molar-refractivity contribution in [2.75, 3.05) is 12.3 Å². The predicted octanol–water partition coefficient (Wildman–Crippen LogP) is 3.65. The normalized spacial score (nSPS) is 17.6. The number of amides is 1. The smallest absolute Gasteiger partial charge is 0.303 e. The largest absolute Gasteiger partial charge is 0.481 e. The second-order valence-electron chi connectivity index (χ2n) is 6.60. The van der Waals surface area contributed by atoms with Crippen LogP contribution < -0.4 is 0 Å². The van der Waals surface area contributed by atoms with Gasteiger partial charge >= 0.3 is 5.97 Å². The number of fused-ring (bicyclic) bond motifs is 1. The maximum absolute atomic E-state index is 12.8. The number of rotatable bonds is 6. The Labute approximate surface area is 161 Å². The van der Waals surface area contributed by atoms with Crippen LogP contribution in [0.5, 0.6) is 0 Å². The van der Waals surface area contributed by atoms with E-state index in [9.17, 15) is 9.59 Å². The lowest BCUT2D eigenvalue weighted by molar-refractivity contribution is -0.139. The van der Waals surface area contributed by atoms with Crippen LogP contribution in [-0.2, 0) is 9.59 Å². The molecule has 3 heterocycles. The van der Waals surface area contributed by atoms with Crippen LogP contribution in [0.2, 0.25) is 0 Å². The van der Waals surface area contributed by atoms with E-state index >= 15 is 0 Å². The number of nitrogens with zero attached hydrogens (tertiary/aromatic N) is 3. The van der Waals surface area contributed by atoms with Gasteiger partial charge in [-0.25, -0.2) is 9.97 Å². The van der Waals surface area contributed by atoms with Crippen LogP contribution in [0.25, 0.3) is 10.2 Å². The summed E-state index contributed by atoms with van der Waals surface area (Å²) < 4.78 is 0. The molecule has 1 aliphatic heterocycles. The Morgan fingerprint density at radius 1 is 1.35 bits per heavy atom. The minimum Gasteiger partial charge on any atom is -0.481 e. The van der Waals surface area contributed by atoms with Crippen molar-refractivity contribution in [3.63, 3.8) is 0 Å². The molecule has 3 rings (SSSR count). The van der Waals surface area contributed by atoms with Gasteiger partial charge in [0, 0.05) is 29.3 Å². The van der Waals surface area contributed by atoms with Crippen molar-refractivity contribution in [2.24, 2.45) is 0 Å². The highest BCUT2D eigenvalue weighted by Crippen LogP contribution is 2.34. The monoisotopic (exact) mass is 393 g/mol. The SMILES string of the molecule is Cc1sc2ncnc(SCC(=O)N3CCCCC3CCC(=O)O)c2c1C. The number of aromatic nitrogens is 2. The third-order valence-corrected chi connectivity index (χ3v) is 6.99. The van der Waals surface area contributed by atoms with Gasteiger partial charge in [0.2, 0.25) is 5.91 Å². The highest BCUT2D eigenvalue weighted by molar-refractivity contribution is 8.00. The summed E-state index contributed by atoms with van der Waals surface area (Å²) in [4.78, 5) is 36.4. The molecule has 1 N–H and O–H groups in total. The van der Waals surface area contributed by atoms with Crippen molar-refractivity contribution in [2.45, 2.75) is 57.0 Å². The maximum atomic E-state index is 12.8. The average Bonchev–Trinajstić information content (AvgIpc) is 2.93. The molecule has 1 saturated heterocycles. The lowest BCUT2D eigenvalue weighted by atomic mass is 9.98. The third-order valence-electron chi connectivity index (χ3n) is 4.90. The van der Waals surface area contributed by atoms with E-state index in [1.54, 1.807) is 17.7 Å². The van der Waals surface area contributed by atoms with Gasteiger partial charge in [0.25, 0.3) is 0 Å². The molecule has 0 aliphatic carbocycles. The topological polar surface area (TPSA) is 83.4 Å². The van der Waals surface area contributed by atoms with Crippen molar-refractivity contribution >= 4 is 45.2 Å². The van der Waals surface area contributed by atoms with Crippen LogP contribution in [0.15, 0.2) is 11.4 Å². The fraction of sp³-hybridized carbons (Fsp3) is 0.556. The van der Waals surface area contributed by atoms with Gasteiger partial charge in [-0.1, -0.05) is 11.8 Å². The number of likely N-dealkylation sites (tertiary alicyclic amines) is 1. The summed E-state index contributed by atoms with van der Waals surface area (Å²) in [6.07, 6.45) is 5.14. The first-order valence-electron chi connectivity index (χ1n) is 8.82. The molecule has 26 heavy (non-hydrogen) atoms. The highest BCUT2D eigenvalue weighted by atomic mass is 32.2. The van der Waals surface area contributed by atoms with Gasteiger partial charge in [0.05, 0.1) is 5.75 Å². The van der Waals surface area contributed by atoms with E-state index in [2.05, 4.69) is 23.8 Å². The molecule has 0 aromatic carbocycles. The first-order valence-corrected chi connectivity index (χ1v) is 10.6. The number of thiophene rings is 1. The number of aliphatic carboxylic acids is 1. The summed E-state index contributed by atoms with van der Waals surface area (Å²) in [5, 5.41) is 10.8. The number of piperidine rings is 1. The average molecular weight is 394 g/mol. The fourth-order valence-electron chi connectivity index (χ4n) is 3.39. The summed E-state index contributed by atoms with van der Waals surface area (Å²) >= 11 is 3.10. The van der Waals surface area contributed by atoms with Crippen LogP contribution in [0.1, 0.15) is 42.5 Å². The van der Waals surface area contributed by atoms with Gasteiger partial charge < -0.3 is 10.0 Å². The van der Waals surface area contributed by atoms with Crippen molar-refractivity contribution in [1.29, 1.82) is 0 Å². The van der Waals surface area contributed by atoms with Crippen LogP contribution in [0.4, 0.5) is 0 Å². The molecule has 0 bridgehead atoms. The van der Waals surface area contributed by atoms with E-state index < -0.39 is 5.97 Å². The number of carboxylic acids is 1. The second-order valence-corrected chi connectivity index (χ2v) is 8.77. The Bertz CT molecular complexity index is 821. The number of hydrogen-bond donors (Lipinski definition) is 1. The van der Waals surface area contributed by atoms with Crippen molar-refractivity contribution < 1.29 is 14.7 Å². The van der Waals surface area contributed by atoms with E-state index in [1.165, 1.54) is 22.2 Å². The first kappa shape index (κ1) is 19.1. The minimum atomic E-state index is -0.802. The molecule has 1 amide bonds. The minimum absolute atomic E-state index is 0.0449. The number of hydrogen-bond acceptors (Lipinski definition) is 6. The van der Waals surface area contributed by atoms with E-state index in [0.29, 0.717) is 12.2 Å². The van der Waals surface area contributed by atoms with Gasteiger partial charge in [-0.05, 0) is 45.1 Å². The predicted molar refractivity (Wildman–Crippen MR) is 104 cm³/mol. The Morgan fingerprint density at radius 2 is 2.15 bits per heavy atom. The second kappa shape index (κ2) is 8.35. The van der Waals surface area contributed by atoms with E-state index in [0.717, 1.165) is 41.0 Å². The zero-order valence-corrected chi connectivity index (χ0v) is 16.7. The molecular formula is C18H23N3O3S2. The summed E-state index contributed by atoms with van der Waals surface area (Å²) in [5.74, 6) is -0.408.